The van der Waals surface area contributed by atoms with Crippen LogP contribution in [0.5, 0.6) is 0 Å². The molecule has 1 rings (SSSR count). The smallest absolute Gasteiger partial charge is 0.242 e. The van der Waals surface area contributed by atoms with Crippen LogP contribution in [-0.4, -0.2) is 8.32 Å². The van der Waals surface area contributed by atoms with E-state index in [9.17, 15) is 0 Å². The van der Waals surface area contributed by atoms with Gasteiger partial charge in [0.25, 0.3) is 0 Å². The highest BCUT2D eigenvalue weighted by atomic mass is 28.4. The highest BCUT2D eigenvalue weighted by Gasteiger charge is 2.33. The van der Waals surface area contributed by atoms with Crippen molar-refractivity contribution in [3.63, 3.8) is 0 Å². The fourth-order valence-electron chi connectivity index (χ4n) is 2.87. The first-order valence-corrected chi connectivity index (χ1v) is 10.7. The minimum absolute atomic E-state index is 0.212. The third-order valence-corrected chi connectivity index (χ3v) is 4.33. The second-order valence-electron chi connectivity index (χ2n) is 7.46. The average Bonchev–Trinajstić information content (AvgIpc) is 2.11. The summed E-state index contributed by atoms with van der Waals surface area (Å²) < 4.78 is 6.38. The average molecular weight is 279 g/mol. The molecule has 2 heteroatoms. The lowest BCUT2D eigenvalue weighted by Crippen LogP contribution is -2.30. The van der Waals surface area contributed by atoms with Gasteiger partial charge in [0, 0.05) is 0 Å². The molecule has 108 valence electrons. The van der Waals surface area contributed by atoms with Gasteiger partial charge >= 0.3 is 0 Å². The summed E-state index contributed by atoms with van der Waals surface area (Å²) in [5, 5.41) is 0. The zero-order chi connectivity index (χ0) is 14.8. The lowest BCUT2D eigenvalue weighted by atomic mass is 9.72. The van der Waals surface area contributed by atoms with Crippen molar-refractivity contribution in [1.29, 1.82) is 0 Å². The molecule has 0 heterocycles. The van der Waals surface area contributed by atoms with Crippen molar-refractivity contribution in [3.05, 3.63) is 35.1 Å². The first-order valence-electron chi connectivity index (χ1n) is 7.30. The van der Waals surface area contributed by atoms with E-state index in [1.165, 1.54) is 30.4 Å². The maximum atomic E-state index is 6.38. The first kappa shape index (κ1) is 16.3. The third-order valence-electron chi connectivity index (χ3n) is 3.50. The molecule has 0 amide bonds. The second-order valence-corrected chi connectivity index (χ2v) is 11.9. The maximum absolute atomic E-state index is 6.38. The van der Waals surface area contributed by atoms with Gasteiger partial charge < -0.3 is 4.43 Å². The van der Waals surface area contributed by atoms with Crippen molar-refractivity contribution >= 4 is 8.32 Å². The van der Waals surface area contributed by atoms with Crippen LogP contribution in [0, 0.1) is 5.41 Å². The van der Waals surface area contributed by atoms with Crippen LogP contribution in [0.3, 0.4) is 0 Å². The molecule has 0 N–H and O–H groups in total. The zero-order valence-electron chi connectivity index (χ0n) is 13.8. The van der Waals surface area contributed by atoms with Gasteiger partial charge in [-0.1, -0.05) is 31.6 Å². The summed E-state index contributed by atoms with van der Waals surface area (Å²) in [6, 6.07) is 0. The Balaban J connectivity index is 3.28. The largest absolute Gasteiger partial charge is 0.544 e. The van der Waals surface area contributed by atoms with Gasteiger partial charge in [0.2, 0.25) is 8.32 Å². The highest BCUT2D eigenvalue weighted by Crippen LogP contribution is 2.44. The lowest BCUT2D eigenvalue weighted by molar-refractivity contribution is 0.327. The normalized spacial score (nSPS) is 20.5. The van der Waals surface area contributed by atoms with Crippen molar-refractivity contribution in [1.82, 2.24) is 0 Å². The van der Waals surface area contributed by atoms with Crippen LogP contribution in [0.4, 0.5) is 0 Å². The summed E-state index contributed by atoms with van der Waals surface area (Å²) in [5.74, 6) is 1.08. The Morgan fingerprint density at radius 2 is 1.89 bits per heavy atom. The molecule has 0 bridgehead atoms. The van der Waals surface area contributed by atoms with E-state index < -0.39 is 8.32 Å². The van der Waals surface area contributed by atoms with E-state index in [0.717, 1.165) is 11.3 Å². The van der Waals surface area contributed by atoms with Crippen molar-refractivity contribution in [2.24, 2.45) is 5.41 Å². The van der Waals surface area contributed by atoms with Crippen LogP contribution in [0.15, 0.2) is 35.1 Å². The van der Waals surface area contributed by atoms with Crippen LogP contribution in [0.2, 0.25) is 19.6 Å². The van der Waals surface area contributed by atoms with Gasteiger partial charge in [-0.15, -0.1) is 0 Å². The molecule has 1 aliphatic carbocycles. The molecule has 19 heavy (non-hydrogen) atoms. The molecule has 0 saturated carbocycles. The van der Waals surface area contributed by atoms with Gasteiger partial charge in [0.15, 0.2) is 0 Å². The monoisotopic (exact) mass is 278 g/mol. The Hall–Kier alpha value is -0.763. The van der Waals surface area contributed by atoms with Gasteiger partial charge in [0.1, 0.15) is 5.76 Å². The van der Waals surface area contributed by atoms with Gasteiger partial charge in [-0.2, -0.15) is 0 Å². The number of rotatable bonds is 4. The van der Waals surface area contributed by atoms with Crippen LogP contribution < -0.4 is 0 Å². The van der Waals surface area contributed by atoms with E-state index in [2.05, 4.69) is 53.1 Å². The topological polar surface area (TPSA) is 9.23 Å². The molecule has 0 fully saturated rings. The molecule has 0 radical (unpaired) electrons. The van der Waals surface area contributed by atoms with Crippen molar-refractivity contribution in [2.75, 3.05) is 0 Å². The van der Waals surface area contributed by atoms with Crippen LogP contribution in [-0.2, 0) is 4.43 Å². The zero-order valence-corrected chi connectivity index (χ0v) is 14.8. The van der Waals surface area contributed by atoms with E-state index in [1.807, 2.05) is 6.92 Å². The highest BCUT2D eigenvalue weighted by molar-refractivity contribution is 6.70. The molecular weight excluding hydrogens is 248 g/mol. The Morgan fingerprint density at radius 1 is 1.32 bits per heavy atom. The molecule has 0 saturated heterocycles. The van der Waals surface area contributed by atoms with Crippen molar-refractivity contribution < 1.29 is 4.43 Å². The Bertz CT molecular complexity index is 419. The molecule has 1 nitrogen and oxygen atoms in total. The summed E-state index contributed by atoms with van der Waals surface area (Å²) in [5.41, 5.74) is 4.18. The molecule has 0 aromatic carbocycles. The third kappa shape index (κ3) is 4.68. The molecule has 1 aliphatic rings. The number of hydrogen-bond acceptors (Lipinski definition) is 1. The SMILES string of the molecule is C=C(C)/C=C(\O[Si](C)(C)C)C1=C(C)CCCC1(C)C. The minimum atomic E-state index is -1.61. The minimum Gasteiger partial charge on any atom is -0.544 e. The van der Waals surface area contributed by atoms with Gasteiger partial charge in [-0.3, -0.25) is 0 Å². The summed E-state index contributed by atoms with van der Waals surface area (Å²) in [4.78, 5) is 0. The molecule has 0 unspecified atom stereocenters. The van der Waals surface area contributed by atoms with Crippen molar-refractivity contribution in [2.45, 2.75) is 66.6 Å². The quantitative estimate of drug-likeness (QED) is 0.357. The van der Waals surface area contributed by atoms with Gasteiger partial charge in [0.05, 0.1) is 0 Å². The number of allylic oxidation sites excluding steroid dienone is 4. The van der Waals surface area contributed by atoms with E-state index in [-0.39, 0.29) is 5.41 Å². The van der Waals surface area contributed by atoms with E-state index in [0.29, 0.717) is 0 Å². The summed E-state index contributed by atoms with van der Waals surface area (Å²) in [6.45, 7) is 19.7. The van der Waals surface area contributed by atoms with E-state index in [1.54, 1.807) is 0 Å². The fourth-order valence-corrected chi connectivity index (χ4v) is 3.69. The molecule has 0 atom stereocenters. The lowest BCUT2D eigenvalue weighted by Gasteiger charge is -2.37. The van der Waals surface area contributed by atoms with Gasteiger partial charge in [-0.25, -0.2) is 0 Å². The van der Waals surface area contributed by atoms with Crippen molar-refractivity contribution in [3.8, 4) is 0 Å². The summed E-state index contributed by atoms with van der Waals surface area (Å²) in [6.07, 6.45) is 5.85. The molecule has 0 spiro atoms. The van der Waals surface area contributed by atoms with Crippen LogP contribution >= 0.6 is 0 Å². The Labute approximate surface area is 120 Å². The Morgan fingerprint density at radius 3 is 2.32 bits per heavy atom. The molecular formula is C17H30OSi. The Kier molecular flexibility index (Phi) is 4.89. The first-order chi connectivity index (χ1) is 8.53. The standard InChI is InChI=1S/C17H30OSi/c1-13(2)12-15(18-19(6,7)8)16-14(3)10-9-11-17(16,4)5/h12H,1,9-11H2,2-8H3/b15-12-. The fraction of sp³-hybridized carbons (Fsp3) is 0.647. The molecule has 0 aliphatic heterocycles. The predicted molar refractivity (Wildman–Crippen MR) is 87.7 cm³/mol. The van der Waals surface area contributed by atoms with Crippen LogP contribution in [0.1, 0.15) is 47.0 Å². The van der Waals surface area contributed by atoms with E-state index >= 15 is 0 Å². The maximum Gasteiger partial charge on any atom is 0.242 e. The molecule has 0 aromatic heterocycles. The number of hydrogen-bond donors (Lipinski definition) is 0. The van der Waals surface area contributed by atoms with Crippen LogP contribution in [0.25, 0.3) is 0 Å². The molecule has 0 aromatic rings. The summed E-state index contributed by atoms with van der Waals surface area (Å²) >= 11 is 0. The summed E-state index contributed by atoms with van der Waals surface area (Å²) in [7, 11) is -1.61. The predicted octanol–water partition coefficient (Wildman–Crippen LogP) is 5.82. The second kappa shape index (κ2) is 5.70. The van der Waals surface area contributed by atoms with Gasteiger partial charge in [-0.05, 0) is 69.8 Å². The van der Waals surface area contributed by atoms with E-state index in [4.69, 9.17) is 4.43 Å².